The molecule has 0 aliphatic carbocycles. The molecule has 2 N–H and O–H groups in total. The van der Waals surface area contributed by atoms with Crippen LogP contribution in [-0.4, -0.2) is 35.3 Å². The molecule has 7 nitrogen and oxygen atoms in total. The molecule has 0 saturated heterocycles. The minimum atomic E-state index is -0.669. The molecule has 106 valence electrons. The lowest BCUT2D eigenvalue weighted by Gasteiger charge is -2.09. The Morgan fingerprint density at radius 3 is 2.80 bits per heavy atom. The van der Waals surface area contributed by atoms with E-state index >= 15 is 0 Å². The summed E-state index contributed by atoms with van der Waals surface area (Å²) < 4.78 is 5.88. The van der Waals surface area contributed by atoms with Crippen molar-refractivity contribution < 1.29 is 14.3 Å². The summed E-state index contributed by atoms with van der Waals surface area (Å²) in [5.41, 5.74) is 3.71. The van der Waals surface area contributed by atoms with Gasteiger partial charge in [-0.25, -0.2) is 19.9 Å². The summed E-state index contributed by atoms with van der Waals surface area (Å²) in [4.78, 5) is 27.7. The first kappa shape index (κ1) is 13.9. The Bertz CT molecular complexity index is 636. The van der Waals surface area contributed by atoms with Gasteiger partial charge in [-0.3, -0.25) is 4.79 Å². The molecule has 0 aliphatic rings. The zero-order valence-electron chi connectivity index (χ0n) is 11.3. The van der Waals surface area contributed by atoms with Gasteiger partial charge < -0.3 is 10.1 Å². The highest BCUT2D eigenvalue weighted by Gasteiger charge is 2.18. The van der Waals surface area contributed by atoms with Gasteiger partial charge in [0, 0.05) is 6.54 Å². The van der Waals surface area contributed by atoms with E-state index in [1.165, 1.54) is 11.8 Å². The van der Waals surface area contributed by atoms with E-state index in [9.17, 15) is 9.59 Å². The molecule has 0 bridgehead atoms. The van der Waals surface area contributed by atoms with Crippen LogP contribution >= 0.6 is 0 Å². The fraction of sp³-hybridized carbons (Fsp3) is 0.308. The summed E-state index contributed by atoms with van der Waals surface area (Å²) in [5, 5.41) is 2.73. The molecule has 20 heavy (non-hydrogen) atoms. The van der Waals surface area contributed by atoms with Gasteiger partial charge in [0.25, 0.3) is 5.91 Å². The molecule has 0 atom stereocenters. The van der Waals surface area contributed by atoms with Gasteiger partial charge in [0.15, 0.2) is 0 Å². The van der Waals surface area contributed by atoms with Gasteiger partial charge in [-0.2, -0.15) is 0 Å². The van der Waals surface area contributed by atoms with E-state index in [2.05, 4.69) is 20.5 Å². The van der Waals surface area contributed by atoms with E-state index in [-0.39, 0.29) is 11.7 Å². The Hall–Kier alpha value is -2.57. The first-order valence-corrected chi connectivity index (χ1v) is 6.28. The standard InChI is InChI=1S/C13H16N4O3/c1-3-8-14-12(18)11-15-9-6-4-5-7-10(9)17(11)16-13(19)20-2/h4-7H,3,8H2,1-2H3,(H,14,18)(H,16,19). The van der Waals surface area contributed by atoms with Crippen LogP contribution < -0.4 is 10.7 Å². The summed E-state index contributed by atoms with van der Waals surface area (Å²) in [7, 11) is 1.26. The van der Waals surface area contributed by atoms with Gasteiger partial charge in [0.2, 0.25) is 5.82 Å². The average Bonchev–Trinajstić information content (AvgIpc) is 2.83. The van der Waals surface area contributed by atoms with Crippen molar-refractivity contribution in [1.82, 2.24) is 15.0 Å². The van der Waals surface area contributed by atoms with Crippen LogP contribution in [0.3, 0.4) is 0 Å². The summed E-state index contributed by atoms with van der Waals surface area (Å²) in [6.07, 6.45) is 0.147. The van der Waals surface area contributed by atoms with Gasteiger partial charge in [0.05, 0.1) is 18.1 Å². The third-order valence-electron chi connectivity index (χ3n) is 2.69. The van der Waals surface area contributed by atoms with E-state index in [0.717, 1.165) is 6.42 Å². The SMILES string of the molecule is CCCNC(=O)c1nc2ccccc2n1NC(=O)OC. The number of nitrogens with one attached hydrogen (secondary N) is 2. The molecule has 0 radical (unpaired) electrons. The predicted molar refractivity (Wildman–Crippen MR) is 74.1 cm³/mol. The zero-order chi connectivity index (χ0) is 14.5. The Kier molecular flexibility index (Phi) is 4.19. The van der Waals surface area contributed by atoms with Crippen molar-refractivity contribution in [1.29, 1.82) is 0 Å². The Morgan fingerprint density at radius 2 is 2.10 bits per heavy atom. The van der Waals surface area contributed by atoms with E-state index in [1.807, 2.05) is 13.0 Å². The number of benzene rings is 1. The lowest BCUT2D eigenvalue weighted by atomic mass is 10.3. The maximum Gasteiger partial charge on any atom is 0.426 e. The number of amides is 2. The van der Waals surface area contributed by atoms with Crippen molar-refractivity contribution in [2.24, 2.45) is 0 Å². The van der Waals surface area contributed by atoms with Gasteiger partial charge in [0.1, 0.15) is 0 Å². The number of methoxy groups -OCH3 is 1. The number of rotatable bonds is 4. The van der Waals surface area contributed by atoms with Gasteiger partial charge in [-0.1, -0.05) is 19.1 Å². The average molecular weight is 276 g/mol. The van der Waals surface area contributed by atoms with Crippen LogP contribution in [0.1, 0.15) is 24.0 Å². The van der Waals surface area contributed by atoms with Crippen LogP contribution in [0.2, 0.25) is 0 Å². The fourth-order valence-electron chi connectivity index (χ4n) is 1.75. The van der Waals surface area contributed by atoms with Crippen LogP contribution in [0.5, 0.6) is 0 Å². The lowest BCUT2D eigenvalue weighted by molar-refractivity contribution is 0.0941. The predicted octanol–water partition coefficient (Wildman–Crippen LogP) is 1.49. The van der Waals surface area contributed by atoms with E-state index in [1.54, 1.807) is 18.2 Å². The number of imidazole rings is 1. The van der Waals surface area contributed by atoms with Gasteiger partial charge >= 0.3 is 6.09 Å². The molecule has 0 saturated carbocycles. The zero-order valence-corrected chi connectivity index (χ0v) is 11.3. The third-order valence-corrected chi connectivity index (χ3v) is 2.69. The molecule has 7 heteroatoms. The maximum atomic E-state index is 12.1. The number of aromatic nitrogens is 2. The number of carbonyl (C=O) groups is 2. The molecule has 1 aromatic carbocycles. The first-order chi connectivity index (χ1) is 9.67. The Balaban J connectivity index is 2.43. The molecular formula is C13H16N4O3. The largest absolute Gasteiger partial charge is 0.452 e. The molecule has 1 aromatic heterocycles. The second-order valence-electron chi connectivity index (χ2n) is 4.12. The molecule has 2 aromatic rings. The fourth-order valence-corrected chi connectivity index (χ4v) is 1.75. The second-order valence-corrected chi connectivity index (χ2v) is 4.12. The number of hydrogen-bond donors (Lipinski definition) is 2. The molecule has 0 fully saturated rings. The number of para-hydroxylation sites is 2. The quantitative estimate of drug-likeness (QED) is 0.885. The molecule has 0 aliphatic heterocycles. The van der Waals surface area contributed by atoms with Crippen LogP contribution in [0.15, 0.2) is 24.3 Å². The summed E-state index contributed by atoms with van der Waals surface area (Å²) >= 11 is 0. The Labute approximate surface area is 115 Å². The van der Waals surface area contributed by atoms with E-state index in [0.29, 0.717) is 17.6 Å². The van der Waals surface area contributed by atoms with Crippen molar-refractivity contribution in [2.45, 2.75) is 13.3 Å². The van der Waals surface area contributed by atoms with E-state index < -0.39 is 6.09 Å². The van der Waals surface area contributed by atoms with Crippen molar-refractivity contribution in [3.05, 3.63) is 30.1 Å². The van der Waals surface area contributed by atoms with Crippen molar-refractivity contribution in [2.75, 3.05) is 19.1 Å². The third kappa shape index (κ3) is 2.71. The highest BCUT2D eigenvalue weighted by Crippen LogP contribution is 2.14. The van der Waals surface area contributed by atoms with Gasteiger partial charge in [-0.05, 0) is 18.6 Å². The monoisotopic (exact) mass is 276 g/mol. The molecular weight excluding hydrogens is 260 g/mol. The smallest absolute Gasteiger partial charge is 0.426 e. The summed E-state index contributed by atoms with van der Waals surface area (Å²) in [5.74, 6) is -0.232. The first-order valence-electron chi connectivity index (χ1n) is 6.28. The van der Waals surface area contributed by atoms with Crippen LogP contribution in [0, 0.1) is 0 Å². The number of fused-ring (bicyclic) bond motifs is 1. The maximum absolute atomic E-state index is 12.1. The summed E-state index contributed by atoms with van der Waals surface area (Å²) in [6.45, 7) is 2.50. The molecule has 2 amide bonds. The van der Waals surface area contributed by atoms with Crippen molar-refractivity contribution in [3.8, 4) is 0 Å². The number of hydrogen-bond acceptors (Lipinski definition) is 4. The molecule has 0 unspecified atom stereocenters. The lowest BCUT2D eigenvalue weighted by Crippen LogP contribution is -2.32. The number of nitrogens with zero attached hydrogens (tertiary/aromatic N) is 2. The van der Waals surface area contributed by atoms with Crippen LogP contribution in [0.25, 0.3) is 11.0 Å². The van der Waals surface area contributed by atoms with Crippen molar-refractivity contribution in [3.63, 3.8) is 0 Å². The van der Waals surface area contributed by atoms with Crippen LogP contribution in [-0.2, 0) is 4.74 Å². The molecule has 2 rings (SSSR count). The van der Waals surface area contributed by atoms with E-state index in [4.69, 9.17) is 0 Å². The normalized spacial score (nSPS) is 10.3. The topological polar surface area (TPSA) is 85.3 Å². The molecule has 0 spiro atoms. The second kappa shape index (κ2) is 6.05. The Morgan fingerprint density at radius 1 is 1.35 bits per heavy atom. The highest BCUT2D eigenvalue weighted by molar-refractivity contribution is 5.96. The minimum absolute atomic E-state index is 0.116. The van der Waals surface area contributed by atoms with Crippen LogP contribution in [0.4, 0.5) is 4.79 Å². The van der Waals surface area contributed by atoms with Crippen molar-refractivity contribution >= 4 is 23.0 Å². The molecule has 1 heterocycles. The number of carbonyl (C=O) groups excluding carboxylic acids is 2. The summed E-state index contributed by atoms with van der Waals surface area (Å²) in [6, 6.07) is 7.13. The minimum Gasteiger partial charge on any atom is -0.452 e. The van der Waals surface area contributed by atoms with Gasteiger partial charge in [-0.15, -0.1) is 0 Å². The number of ether oxygens (including phenoxy) is 1. The highest BCUT2D eigenvalue weighted by atomic mass is 16.5.